The molecule has 0 radical (unpaired) electrons. The predicted molar refractivity (Wildman–Crippen MR) is 194 cm³/mol. The zero-order valence-electron chi connectivity index (χ0n) is 25.9. The predicted octanol–water partition coefficient (Wildman–Crippen LogP) is 10.9. The van der Waals surface area contributed by atoms with Crippen LogP contribution in [0.4, 0.5) is 0 Å². The fourth-order valence-corrected chi connectivity index (χ4v) is 6.67. The summed E-state index contributed by atoms with van der Waals surface area (Å²) < 4.78 is 2.27. The quantitative estimate of drug-likeness (QED) is 0.201. The first kappa shape index (κ1) is 28.2. The number of rotatable bonds is 4. The molecule has 1 aliphatic carbocycles. The van der Waals surface area contributed by atoms with Crippen LogP contribution in [0.2, 0.25) is 0 Å². The molecule has 218 valence electrons. The van der Waals surface area contributed by atoms with Crippen molar-refractivity contribution in [2.75, 3.05) is 0 Å². The molecule has 0 amide bonds. The smallest absolute Gasteiger partial charge is 0.0703 e. The van der Waals surface area contributed by atoms with Gasteiger partial charge >= 0.3 is 0 Å². The Hall–Kier alpha value is -5.54. The van der Waals surface area contributed by atoms with Crippen molar-refractivity contribution in [2.24, 2.45) is 17.5 Å². The van der Waals surface area contributed by atoms with Crippen LogP contribution in [0, 0.1) is 10.8 Å². The Labute approximate surface area is 264 Å². The van der Waals surface area contributed by atoms with E-state index in [1.807, 2.05) is 18.2 Å². The number of fused-ring (bicyclic) bond motifs is 6. The lowest BCUT2D eigenvalue weighted by Gasteiger charge is -2.18. The fraction of sp³-hybridized carbons (Fsp3) is 0.0952. The number of hydrogen-bond acceptors (Lipinski definition) is 2. The Morgan fingerprint density at radius 2 is 1.29 bits per heavy atom. The Kier molecular flexibility index (Phi) is 7.02. The first-order valence-electron chi connectivity index (χ1n) is 15.3. The number of nitrogens with one attached hydrogen (secondary N) is 1. The van der Waals surface area contributed by atoms with Crippen molar-refractivity contribution in [2.45, 2.75) is 13.8 Å². The highest BCUT2D eigenvalue weighted by molar-refractivity contribution is 6.20. The van der Waals surface area contributed by atoms with Gasteiger partial charge in [0, 0.05) is 45.4 Å². The summed E-state index contributed by atoms with van der Waals surface area (Å²) in [5.74, 6) is 0. The standard InChI is InChI=1S/C25H22N2.C17H13N/c1-25(2)16-15-22(24(25)27-3)23(26)19-13-11-18(12-14-19)21-10-6-8-17-7-4-5-9-20(17)21;1-18-15-9-5-4-8-14(15)17-13-7-3-2-6-12(13)10-11-16(17)18/h4-16,26H,3H2,1-2H3;2-11H,1H3. The average molecular weight is 582 g/mol. The Balaban J connectivity index is 0.000000156. The Bertz CT molecular complexity index is 2320. The van der Waals surface area contributed by atoms with E-state index in [1.54, 1.807) is 0 Å². The summed E-state index contributed by atoms with van der Waals surface area (Å²) in [6, 6.07) is 44.6. The van der Waals surface area contributed by atoms with Crippen molar-refractivity contribution in [1.82, 2.24) is 4.57 Å². The molecule has 0 saturated heterocycles. The molecule has 0 saturated carbocycles. The second-order valence-corrected chi connectivity index (χ2v) is 12.2. The summed E-state index contributed by atoms with van der Waals surface area (Å²) in [7, 11) is 2.14. The topological polar surface area (TPSA) is 41.1 Å². The SMILES string of the molecule is C=NC1=C(C(=N)c2ccc(-c3cccc4ccccc34)cc2)C=CC1(C)C.Cn1c2ccccc2c2c3ccccc3ccc21. The zero-order chi connectivity index (χ0) is 31.1. The van der Waals surface area contributed by atoms with Gasteiger partial charge in [-0.25, -0.2) is 0 Å². The van der Waals surface area contributed by atoms with E-state index >= 15 is 0 Å². The first-order chi connectivity index (χ1) is 21.9. The van der Waals surface area contributed by atoms with Crippen LogP contribution in [-0.4, -0.2) is 17.0 Å². The van der Waals surface area contributed by atoms with Gasteiger partial charge in [-0.2, -0.15) is 0 Å². The summed E-state index contributed by atoms with van der Waals surface area (Å²) in [6.07, 6.45) is 4.08. The largest absolute Gasteiger partial charge is 0.344 e. The third-order valence-corrected chi connectivity index (χ3v) is 9.04. The molecular formula is C42H35N3. The Morgan fingerprint density at radius 3 is 2.02 bits per heavy atom. The normalized spacial score (nSPS) is 13.8. The van der Waals surface area contributed by atoms with Crippen molar-refractivity contribution in [3.8, 4) is 11.1 Å². The number of benzene rings is 6. The van der Waals surface area contributed by atoms with Crippen molar-refractivity contribution in [3.63, 3.8) is 0 Å². The maximum absolute atomic E-state index is 8.65. The third-order valence-electron chi connectivity index (χ3n) is 9.04. The number of aromatic nitrogens is 1. The van der Waals surface area contributed by atoms with Gasteiger partial charge in [0.25, 0.3) is 0 Å². The number of nitrogens with zero attached hydrogens (tertiary/aromatic N) is 2. The van der Waals surface area contributed by atoms with Crippen LogP contribution in [0.5, 0.6) is 0 Å². The van der Waals surface area contributed by atoms with Crippen molar-refractivity contribution >= 4 is 55.8 Å². The molecule has 45 heavy (non-hydrogen) atoms. The molecule has 6 aromatic carbocycles. The molecule has 8 rings (SSSR count). The van der Waals surface area contributed by atoms with Crippen LogP contribution < -0.4 is 0 Å². The second-order valence-electron chi connectivity index (χ2n) is 12.2. The molecule has 0 atom stereocenters. The van der Waals surface area contributed by atoms with Gasteiger partial charge in [0.15, 0.2) is 0 Å². The van der Waals surface area contributed by atoms with Crippen molar-refractivity contribution in [3.05, 3.63) is 156 Å². The molecule has 1 aromatic heterocycles. The molecule has 1 heterocycles. The average Bonchev–Trinajstić information content (AvgIpc) is 3.56. The van der Waals surface area contributed by atoms with E-state index in [9.17, 15) is 0 Å². The molecule has 3 heteroatoms. The molecule has 3 nitrogen and oxygen atoms in total. The number of aryl methyl sites for hydroxylation is 1. The maximum atomic E-state index is 8.65. The Morgan fingerprint density at radius 1 is 0.667 bits per heavy atom. The monoisotopic (exact) mass is 581 g/mol. The number of hydrogen-bond donors (Lipinski definition) is 1. The van der Waals surface area contributed by atoms with Gasteiger partial charge in [-0.15, -0.1) is 0 Å². The fourth-order valence-electron chi connectivity index (χ4n) is 6.67. The van der Waals surface area contributed by atoms with E-state index in [4.69, 9.17) is 5.41 Å². The number of para-hydroxylation sites is 1. The summed E-state index contributed by atoms with van der Waals surface area (Å²) >= 11 is 0. The summed E-state index contributed by atoms with van der Waals surface area (Å²) in [6.45, 7) is 7.89. The number of aliphatic imine (C=N–C) groups is 1. The van der Waals surface area contributed by atoms with Crippen LogP contribution in [0.1, 0.15) is 19.4 Å². The third kappa shape index (κ3) is 4.87. The van der Waals surface area contributed by atoms with Crippen LogP contribution in [0.15, 0.2) is 156 Å². The van der Waals surface area contributed by atoms with E-state index < -0.39 is 0 Å². The lowest BCUT2D eigenvalue weighted by atomic mass is 9.90. The van der Waals surface area contributed by atoms with Crippen LogP contribution in [-0.2, 0) is 7.05 Å². The highest BCUT2D eigenvalue weighted by Gasteiger charge is 2.29. The van der Waals surface area contributed by atoms with E-state index in [-0.39, 0.29) is 5.41 Å². The summed E-state index contributed by atoms with van der Waals surface area (Å²) in [4.78, 5) is 4.19. The molecule has 1 aliphatic rings. The molecule has 0 bridgehead atoms. The molecule has 0 unspecified atom stereocenters. The van der Waals surface area contributed by atoms with Crippen LogP contribution >= 0.6 is 0 Å². The van der Waals surface area contributed by atoms with Gasteiger partial charge in [0.05, 0.1) is 11.4 Å². The lowest BCUT2D eigenvalue weighted by molar-refractivity contribution is 0.584. The van der Waals surface area contributed by atoms with E-state index in [2.05, 4.69) is 159 Å². The van der Waals surface area contributed by atoms with Crippen molar-refractivity contribution < 1.29 is 0 Å². The van der Waals surface area contributed by atoms with E-state index in [0.717, 1.165) is 22.4 Å². The van der Waals surface area contributed by atoms with E-state index in [0.29, 0.717) is 5.71 Å². The molecule has 1 N–H and O–H groups in total. The van der Waals surface area contributed by atoms with Gasteiger partial charge in [0.2, 0.25) is 0 Å². The van der Waals surface area contributed by atoms with Crippen LogP contribution in [0.25, 0.3) is 54.5 Å². The summed E-state index contributed by atoms with van der Waals surface area (Å²) in [5, 5.41) is 16.5. The minimum absolute atomic E-state index is 0.174. The highest BCUT2D eigenvalue weighted by atomic mass is 14.9. The summed E-state index contributed by atoms with van der Waals surface area (Å²) in [5.41, 5.74) is 7.88. The maximum Gasteiger partial charge on any atom is 0.0703 e. The number of allylic oxidation sites excluding steroid dienone is 3. The minimum Gasteiger partial charge on any atom is -0.344 e. The molecule has 0 aliphatic heterocycles. The first-order valence-corrected chi connectivity index (χ1v) is 15.3. The van der Waals surface area contributed by atoms with Gasteiger partial charge in [-0.1, -0.05) is 141 Å². The van der Waals surface area contributed by atoms with Crippen LogP contribution in [0.3, 0.4) is 0 Å². The highest BCUT2D eigenvalue weighted by Crippen LogP contribution is 2.39. The van der Waals surface area contributed by atoms with Gasteiger partial charge in [0.1, 0.15) is 0 Å². The minimum atomic E-state index is -0.174. The molecule has 0 fully saturated rings. The molecule has 7 aromatic rings. The molecule has 0 spiro atoms. The molecular weight excluding hydrogens is 546 g/mol. The van der Waals surface area contributed by atoms with Gasteiger partial charge in [-0.3, -0.25) is 10.4 Å². The second kappa shape index (κ2) is 11.2. The lowest BCUT2D eigenvalue weighted by Crippen LogP contribution is -2.10. The van der Waals surface area contributed by atoms with Gasteiger partial charge < -0.3 is 4.57 Å². The van der Waals surface area contributed by atoms with E-state index in [1.165, 1.54) is 48.9 Å². The van der Waals surface area contributed by atoms with Crippen molar-refractivity contribution in [1.29, 1.82) is 5.41 Å². The zero-order valence-corrected chi connectivity index (χ0v) is 25.9. The van der Waals surface area contributed by atoms with Gasteiger partial charge in [-0.05, 0) is 51.5 Å².